The van der Waals surface area contributed by atoms with Crippen LogP contribution in [0.25, 0.3) is 0 Å². The number of hydrogen-bond acceptors (Lipinski definition) is 3. The normalized spacial score (nSPS) is 40.0. The first-order chi connectivity index (χ1) is 9.26. The maximum absolute atomic E-state index is 12.9. The van der Waals surface area contributed by atoms with Gasteiger partial charge in [0.05, 0.1) is 13.2 Å². The summed E-state index contributed by atoms with van der Waals surface area (Å²) >= 11 is 0. The first kappa shape index (κ1) is 14.0. The third-order valence-electron chi connectivity index (χ3n) is 5.94. The first-order valence-electron chi connectivity index (χ1n) is 7.43. The number of carbonyl (C=O) groups is 1. The largest absolute Gasteiger partial charge is 0.343 e. The minimum absolute atomic E-state index is 0.247. The molecule has 0 amide bonds. The second-order valence-corrected chi connectivity index (χ2v) is 7.10. The average molecular weight is 276 g/mol. The second kappa shape index (κ2) is 4.05. The molecule has 3 heteroatoms. The summed E-state index contributed by atoms with van der Waals surface area (Å²) in [6.07, 6.45) is 3.58. The fourth-order valence-corrected chi connectivity index (χ4v) is 4.37. The molecule has 0 aromatic carbocycles. The number of carbonyl (C=O) groups excluding carboxylic acids is 1. The number of hydrogen-bond donors (Lipinski definition) is 0. The van der Waals surface area contributed by atoms with Gasteiger partial charge in [0.25, 0.3) is 0 Å². The Morgan fingerprint density at radius 3 is 2.15 bits per heavy atom. The number of allylic oxidation sites excluding steroid dienone is 3. The fourth-order valence-electron chi connectivity index (χ4n) is 4.37. The van der Waals surface area contributed by atoms with E-state index < -0.39 is 11.2 Å². The van der Waals surface area contributed by atoms with Crippen LogP contribution in [0.3, 0.4) is 0 Å². The van der Waals surface area contributed by atoms with Gasteiger partial charge in [-0.1, -0.05) is 25.0 Å². The van der Waals surface area contributed by atoms with E-state index in [-0.39, 0.29) is 11.2 Å². The van der Waals surface area contributed by atoms with Crippen LogP contribution in [0.4, 0.5) is 0 Å². The summed E-state index contributed by atoms with van der Waals surface area (Å²) in [4.78, 5) is 12.9. The molecule has 1 fully saturated rings. The van der Waals surface area contributed by atoms with Crippen molar-refractivity contribution in [2.24, 2.45) is 10.8 Å². The lowest BCUT2D eigenvalue weighted by atomic mass is 9.48. The van der Waals surface area contributed by atoms with Crippen molar-refractivity contribution in [3.63, 3.8) is 0 Å². The van der Waals surface area contributed by atoms with Crippen molar-refractivity contribution < 1.29 is 14.3 Å². The molecule has 3 nitrogen and oxygen atoms in total. The fraction of sp³-hybridized carbons (Fsp3) is 0.706. The Morgan fingerprint density at radius 1 is 1.00 bits per heavy atom. The summed E-state index contributed by atoms with van der Waals surface area (Å²) in [5.41, 5.74) is 2.70. The predicted molar refractivity (Wildman–Crippen MR) is 77.2 cm³/mol. The zero-order valence-corrected chi connectivity index (χ0v) is 13.1. The highest BCUT2D eigenvalue weighted by Gasteiger charge is 2.66. The van der Waals surface area contributed by atoms with Gasteiger partial charge in [-0.3, -0.25) is 4.79 Å². The molecule has 0 aromatic heterocycles. The van der Waals surface area contributed by atoms with E-state index in [2.05, 4.69) is 27.7 Å². The molecule has 0 unspecified atom stereocenters. The molecule has 1 spiro atoms. The van der Waals surface area contributed by atoms with Crippen molar-refractivity contribution in [3.05, 3.63) is 22.8 Å². The van der Waals surface area contributed by atoms with Crippen molar-refractivity contribution in [1.29, 1.82) is 0 Å². The summed E-state index contributed by atoms with van der Waals surface area (Å²) in [7, 11) is 0. The molecule has 110 valence electrons. The third kappa shape index (κ3) is 1.45. The van der Waals surface area contributed by atoms with Gasteiger partial charge in [-0.25, -0.2) is 0 Å². The number of ether oxygens (including phenoxy) is 2. The zero-order chi connectivity index (χ0) is 14.8. The van der Waals surface area contributed by atoms with Crippen LogP contribution in [-0.2, 0) is 14.3 Å². The molecule has 0 radical (unpaired) electrons. The topological polar surface area (TPSA) is 35.5 Å². The molecule has 0 aromatic rings. The number of ketones is 1. The standard InChI is InChI=1S/C17H24O3/c1-11-8-15(4)14(18)13(3)10-17(19-6-7-20-17)16(15,5)9-12(11)2/h10H,6-9H2,1-5H3/t15-,16-/m1/s1. The van der Waals surface area contributed by atoms with Gasteiger partial charge in [-0.15, -0.1) is 0 Å². The molecular weight excluding hydrogens is 252 g/mol. The van der Waals surface area contributed by atoms with E-state index in [4.69, 9.17) is 9.47 Å². The van der Waals surface area contributed by atoms with E-state index in [0.717, 1.165) is 18.4 Å². The van der Waals surface area contributed by atoms with Crippen LogP contribution in [0.1, 0.15) is 47.5 Å². The van der Waals surface area contributed by atoms with Crippen LogP contribution in [0.2, 0.25) is 0 Å². The molecule has 3 rings (SSSR count). The molecule has 0 bridgehead atoms. The van der Waals surface area contributed by atoms with Gasteiger partial charge < -0.3 is 9.47 Å². The zero-order valence-electron chi connectivity index (χ0n) is 13.1. The monoisotopic (exact) mass is 276 g/mol. The lowest BCUT2D eigenvalue weighted by molar-refractivity contribution is -0.239. The molecule has 1 saturated heterocycles. The average Bonchev–Trinajstić information content (AvgIpc) is 2.84. The lowest BCUT2D eigenvalue weighted by Crippen LogP contribution is -2.62. The third-order valence-corrected chi connectivity index (χ3v) is 5.94. The van der Waals surface area contributed by atoms with E-state index in [9.17, 15) is 4.79 Å². The maximum atomic E-state index is 12.9. The van der Waals surface area contributed by atoms with Crippen LogP contribution in [-0.4, -0.2) is 24.8 Å². The number of rotatable bonds is 0. The van der Waals surface area contributed by atoms with Gasteiger partial charge in [0, 0.05) is 10.8 Å². The molecule has 0 N–H and O–H groups in total. The summed E-state index contributed by atoms with van der Waals surface area (Å²) in [6.45, 7) is 11.7. The Balaban J connectivity index is 2.23. The van der Waals surface area contributed by atoms with Crippen LogP contribution in [0, 0.1) is 10.8 Å². The van der Waals surface area contributed by atoms with Crippen molar-refractivity contribution in [1.82, 2.24) is 0 Å². The number of Topliss-reactive ketones (excluding diaryl/α,β-unsaturated/α-hetero) is 1. The highest BCUT2D eigenvalue weighted by atomic mass is 16.7. The summed E-state index contributed by atoms with van der Waals surface area (Å²) in [6, 6.07) is 0. The molecule has 3 aliphatic rings. The second-order valence-electron chi connectivity index (χ2n) is 7.10. The molecule has 1 aliphatic heterocycles. The van der Waals surface area contributed by atoms with Crippen molar-refractivity contribution in [2.45, 2.75) is 53.2 Å². The Hall–Kier alpha value is -0.930. The highest BCUT2D eigenvalue weighted by Crippen LogP contribution is 2.63. The van der Waals surface area contributed by atoms with E-state index in [1.54, 1.807) is 0 Å². The van der Waals surface area contributed by atoms with Crippen molar-refractivity contribution in [2.75, 3.05) is 13.2 Å². The minimum Gasteiger partial charge on any atom is -0.343 e. The smallest absolute Gasteiger partial charge is 0.195 e. The Bertz CT molecular complexity index is 536. The van der Waals surface area contributed by atoms with Crippen molar-refractivity contribution in [3.8, 4) is 0 Å². The molecule has 1 heterocycles. The first-order valence-corrected chi connectivity index (χ1v) is 7.43. The van der Waals surface area contributed by atoms with Gasteiger partial charge in [-0.2, -0.15) is 0 Å². The molecule has 2 aliphatic carbocycles. The lowest BCUT2D eigenvalue weighted by Gasteiger charge is -2.58. The number of fused-ring (bicyclic) bond motifs is 2. The highest BCUT2D eigenvalue weighted by molar-refractivity contribution is 6.01. The quantitative estimate of drug-likeness (QED) is 0.636. The van der Waals surface area contributed by atoms with Gasteiger partial charge in [-0.05, 0) is 45.3 Å². The van der Waals surface area contributed by atoms with Gasteiger partial charge in [0.2, 0.25) is 0 Å². The Labute approximate surface area is 121 Å². The molecule has 20 heavy (non-hydrogen) atoms. The Morgan fingerprint density at radius 2 is 1.55 bits per heavy atom. The van der Waals surface area contributed by atoms with Crippen molar-refractivity contribution >= 4 is 5.78 Å². The van der Waals surface area contributed by atoms with E-state index in [0.29, 0.717) is 13.2 Å². The van der Waals surface area contributed by atoms with Gasteiger partial charge in [0.1, 0.15) is 0 Å². The van der Waals surface area contributed by atoms with E-state index >= 15 is 0 Å². The SMILES string of the molecule is CC1=CC2(OCCO2)[C@]2(C)CC(C)=C(C)C[C@]2(C)C1=O. The van der Waals surface area contributed by atoms with E-state index in [1.165, 1.54) is 11.1 Å². The van der Waals surface area contributed by atoms with E-state index in [1.807, 2.05) is 13.0 Å². The summed E-state index contributed by atoms with van der Waals surface area (Å²) < 4.78 is 12.1. The molecule has 2 atom stereocenters. The van der Waals surface area contributed by atoms with Gasteiger partial charge >= 0.3 is 0 Å². The summed E-state index contributed by atoms with van der Waals surface area (Å²) in [5.74, 6) is -0.488. The maximum Gasteiger partial charge on any atom is 0.195 e. The molecule has 0 saturated carbocycles. The van der Waals surface area contributed by atoms with Crippen LogP contribution in [0.15, 0.2) is 22.8 Å². The molecular formula is C17H24O3. The summed E-state index contributed by atoms with van der Waals surface area (Å²) in [5, 5.41) is 0. The van der Waals surface area contributed by atoms with Gasteiger partial charge in [0.15, 0.2) is 11.6 Å². The minimum atomic E-state index is -0.734. The van der Waals surface area contributed by atoms with Crippen LogP contribution >= 0.6 is 0 Å². The Kier molecular flexibility index (Phi) is 2.84. The van der Waals surface area contributed by atoms with Crippen LogP contribution < -0.4 is 0 Å². The predicted octanol–water partition coefficient (Wildman–Crippen LogP) is 3.40. The van der Waals surface area contributed by atoms with Crippen LogP contribution in [0.5, 0.6) is 0 Å².